The molecular formula is C33H57N7O7S. The summed E-state index contributed by atoms with van der Waals surface area (Å²) in [6.07, 6.45) is 2.24. The zero-order chi connectivity index (χ0) is 36.6. The van der Waals surface area contributed by atoms with Gasteiger partial charge in [0.2, 0.25) is 17.6 Å². The van der Waals surface area contributed by atoms with Crippen LogP contribution in [0.3, 0.4) is 0 Å². The van der Waals surface area contributed by atoms with Gasteiger partial charge in [-0.3, -0.25) is 19.2 Å². The molecule has 1 unspecified atom stereocenters. The molecule has 272 valence electrons. The third kappa shape index (κ3) is 8.39. The number of amides is 5. The first-order chi connectivity index (χ1) is 22.0. The maximum absolute atomic E-state index is 14.3. The van der Waals surface area contributed by atoms with Gasteiger partial charge in [-0.05, 0) is 34.5 Å². The smallest absolute Gasteiger partial charge is 0.315 e. The molecular weight excluding hydrogens is 638 g/mol. The van der Waals surface area contributed by atoms with E-state index in [-0.39, 0.29) is 36.8 Å². The third-order valence-electron chi connectivity index (χ3n) is 10.1. The lowest BCUT2D eigenvalue weighted by Gasteiger charge is -2.39. The molecule has 48 heavy (non-hydrogen) atoms. The number of piperidine rings is 1. The van der Waals surface area contributed by atoms with Crippen LogP contribution in [0.4, 0.5) is 4.79 Å². The zero-order valence-corrected chi connectivity index (χ0v) is 31.1. The van der Waals surface area contributed by atoms with Crippen LogP contribution in [-0.4, -0.2) is 115 Å². The Kier molecular flexibility index (Phi) is 11.9. The standard InChI is InChI=1S/C33H57N7O7S/c1-12-14-21(25(41)28(43)34-15-13-2)35-27(42)24-23-20(33(23,9)10)18-40(24)29(44)26(32(6,7)8)37-30(45)36-22(31(3,4)5)19-39-17-16-38(11)48(39,46)47/h13,20-24,26H,2,12,14-19H2,1,3-11H3,(H,34,43)(H,35,42)(H2,36,37,45)/t20-,21?,22+,23-,24-,26+/m0/s1. The normalized spacial score (nSPS) is 25.3. The van der Waals surface area contributed by atoms with Crippen molar-refractivity contribution in [2.24, 2.45) is 28.1 Å². The van der Waals surface area contributed by atoms with Gasteiger partial charge in [0.1, 0.15) is 12.1 Å². The molecule has 15 heteroatoms. The number of fused-ring (bicyclic) bond motifs is 1. The number of likely N-dealkylation sites (tertiary alicyclic amines) is 1. The molecule has 0 bridgehead atoms. The average molecular weight is 696 g/mol. The van der Waals surface area contributed by atoms with Gasteiger partial charge >= 0.3 is 6.03 Å². The van der Waals surface area contributed by atoms with Crippen molar-refractivity contribution >= 4 is 39.7 Å². The SMILES string of the molecule is C=CCNC(=O)C(=O)C(CCC)NC(=O)[C@@H]1[C@@H]2[C@H](CN1C(=O)[C@@H](NC(=O)N[C@H](CN1CCN(C)S1(=O)=O)C(C)(C)C)C(C)(C)C)C2(C)C. The maximum Gasteiger partial charge on any atom is 0.315 e. The van der Waals surface area contributed by atoms with E-state index in [9.17, 15) is 32.4 Å². The summed E-state index contributed by atoms with van der Waals surface area (Å²) in [5.41, 5.74) is -1.49. The van der Waals surface area contributed by atoms with Gasteiger partial charge in [-0.15, -0.1) is 6.58 Å². The number of nitrogens with zero attached hydrogens (tertiary/aromatic N) is 3. The molecule has 0 radical (unpaired) electrons. The Balaban J connectivity index is 1.82. The number of Topliss-reactive ketones (excluding diaryl/α,β-unsaturated/α-hetero) is 1. The number of carbonyl (C=O) groups excluding carboxylic acids is 5. The largest absolute Gasteiger partial charge is 0.346 e. The van der Waals surface area contributed by atoms with Crippen molar-refractivity contribution in [3.63, 3.8) is 0 Å². The van der Waals surface area contributed by atoms with Crippen molar-refractivity contribution < 1.29 is 32.4 Å². The Morgan fingerprint density at radius 3 is 2.10 bits per heavy atom. The van der Waals surface area contributed by atoms with Crippen LogP contribution in [0.25, 0.3) is 0 Å². The fourth-order valence-electron chi connectivity index (χ4n) is 6.79. The number of hydrogen-bond acceptors (Lipinski definition) is 7. The predicted molar refractivity (Wildman–Crippen MR) is 183 cm³/mol. The molecule has 3 aliphatic rings. The molecule has 6 atom stereocenters. The van der Waals surface area contributed by atoms with Crippen molar-refractivity contribution in [3.05, 3.63) is 12.7 Å². The minimum Gasteiger partial charge on any atom is -0.346 e. The number of ketones is 1. The molecule has 1 aliphatic carbocycles. The number of urea groups is 1. The molecule has 2 aliphatic heterocycles. The van der Waals surface area contributed by atoms with Gasteiger partial charge in [0, 0.05) is 45.8 Å². The fourth-order valence-corrected chi connectivity index (χ4v) is 8.15. The lowest BCUT2D eigenvalue weighted by molar-refractivity contribution is -0.145. The first-order valence-corrected chi connectivity index (χ1v) is 18.2. The summed E-state index contributed by atoms with van der Waals surface area (Å²) in [6.45, 7) is 21.8. The van der Waals surface area contributed by atoms with Crippen LogP contribution >= 0.6 is 0 Å². The Hall–Kier alpha value is -3.04. The van der Waals surface area contributed by atoms with E-state index in [2.05, 4.69) is 27.8 Å². The highest BCUT2D eigenvalue weighted by molar-refractivity contribution is 7.87. The molecule has 14 nitrogen and oxygen atoms in total. The number of carbonyl (C=O) groups is 5. The molecule has 5 amide bonds. The van der Waals surface area contributed by atoms with Gasteiger partial charge in [-0.25, -0.2) is 4.79 Å². The van der Waals surface area contributed by atoms with Crippen molar-refractivity contribution in [1.29, 1.82) is 0 Å². The minimum atomic E-state index is -3.63. The van der Waals surface area contributed by atoms with Gasteiger partial charge in [0.15, 0.2) is 0 Å². The highest BCUT2D eigenvalue weighted by atomic mass is 32.2. The number of rotatable bonds is 13. The van der Waals surface area contributed by atoms with Gasteiger partial charge in [-0.2, -0.15) is 17.0 Å². The second-order valence-corrected chi connectivity index (χ2v) is 18.2. The summed E-state index contributed by atoms with van der Waals surface area (Å²) in [6, 6.07) is -4.19. The molecule has 1 saturated carbocycles. The van der Waals surface area contributed by atoms with Crippen molar-refractivity contribution in [1.82, 2.24) is 34.8 Å². The first-order valence-electron chi connectivity index (χ1n) is 16.8. The summed E-state index contributed by atoms with van der Waals surface area (Å²) >= 11 is 0. The van der Waals surface area contributed by atoms with Gasteiger partial charge in [-0.1, -0.05) is 74.8 Å². The van der Waals surface area contributed by atoms with Gasteiger partial charge in [0.05, 0.1) is 6.04 Å². The van der Waals surface area contributed by atoms with Crippen LogP contribution in [0.5, 0.6) is 0 Å². The Morgan fingerprint density at radius 1 is 0.979 bits per heavy atom. The number of likely N-dealkylation sites (N-methyl/N-ethyl adjacent to an activating group) is 1. The van der Waals surface area contributed by atoms with E-state index >= 15 is 0 Å². The lowest BCUT2D eigenvalue weighted by Crippen LogP contribution is -2.62. The predicted octanol–water partition coefficient (Wildman–Crippen LogP) is 1.25. The fraction of sp³-hybridized carbons (Fsp3) is 0.788. The molecule has 2 heterocycles. The topological polar surface area (TPSA) is 177 Å². The van der Waals surface area contributed by atoms with E-state index in [1.54, 1.807) is 0 Å². The Morgan fingerprint density at radius 2 is 1.60 bits per heavy atom. The molecule has 0 spiro atoms. The van der Waals surface area contributed by atoms with Crippen LogP contribution in [0.15, 0.2) is 12.7 Å². The third-order valence-corrected chi connectivity index (χ3v) is 12.1. The highest BCUT2D eigenvalue weighted by Gasteiger charge is 2.70. The molecule has 0 aromatic heterocycles. The summed E-state index contributed by atoms with van der Waals surface area (Å²) in [4.78, 5) is 68.8. The quantitative estimate of drug-likeness (QED) is 0.166. The molecule has 3 fully saturated rings. The summed E-state index contributed by atoms with van der Waals surface area (Å²) in [7, 11) is -2.12. The van der Waals surface area contributed by atoms with Crippen LogP contribution < -0.4 is 21.3 Å². The first kappa shape index (κ1) is 39.4. The van der Waals surface area contributed by atoms with Crippen molar-refractivity contribution in [2.75, 3.05) is 39.8 Å². The molecule has 0 aromatic carbocycles. The summed E-state index contributed by atoms with van der Waals surface area (Å²) < 4.78 is 28.1. The second kappa shape index (κ2) is 14.4. The zero-order valence-electron chi connectivity index (χ0n) is 30.3. The molecule has 2 saturated heterocycles. The van der Waals surface area contributed by atoms with Crippen molar-refractivity contribution in [2.45, 2.75) is 99.3 Å². The van der Waals surface area contributed by atoms with Crippen molar-refractivity contribution in [3.8, 4) is 0 Å². The lowest BCUT2D eigenvalue weighted by atomic mass is 9.85. The van der Waals surface area contributed by atoms with Crippen LogP contribution in [0, 0.1) is 28.1 Å². The molecule has 4 N–H and O–H groups in total. The van der Waals surface area contributed by atoms with E-state index in [1.807, 2.05) is 62.3 Å². The molecule has 3 rings (SSSR count). The van der Waals surface area contributed by atoms with E-state index in [4.69, 9.17) is 0 Å². The Bertz CT molecular complexity index is 1380. The average Bonchev–Trinajstić information content (AvgIpc) is 3.24. The minimum absolute atomic E-state index is 0.0497. The van der Waals surface area contributed by atoms with Crippen LogP contribution in [0.2, 0.25) is 0 Å². The highest BCUT2D eigenvalue weighted by Crippen LogP contribution is 2.65. The monoisotopic (exact) mass is 695 g/mol. The van der Waals surface area contributed by atoms with Gasteiger partial charge in [0.25, 0.3) is 16.1 Å². The number of nitrogens with one attached hydrogen (secondary N) is 4. The molecule has 0 aromatic rings. The summed E-state index contributed by atoms with van der Waals surface area (Å²) in [5, 5.41) is 11.0. The summed E-state index contributed by atoms with van der Waals surface area (Å²) in [5.74, 6) is -2.63. The van der Waals surface area contributed by atoms with E-state index in [0.29, 0.717) is 26.1 Å². The van der Waals surface area contributed by atoms with E-state index in [0.717, 1.165) is 0 Å². The Labute approximate surface area is 286 Å². The number of hydrogen-bond donors (Lipinski definition) is 4. The maximum atomic E-state index is 14.3. The van der Waals surface area contributed by atoms with Gasteiger partial charge < -0.3 is 26.2 Å². The van der Waals surface area contributed by atoms with E-state index in [1.165, 1.54) is 26.6 Å². The van der Waals surface area contributed by atoms with Crippen LogP contribution in [0.1, 0.15) is 75.2 Å². The second-order valence-electron chi connectivity index (χ2n) is 16.1. The van der Waals surface area contributed by atoms with E-state index < -0.39 is 74.7 Å². The van der Waals surface area contributed by atoms with Crippen LogP contribution in [-0.2, 0) is 29.4 Å².